The first-order chi connectivity index (χ1) is 2.41. The van der Waals surface area contributed by atoms with Crippen molar-refractivity contribution in [2.45, 2.75) is 6.92 Å². The van der Waals surface area contributed by atoms with Crippen LogP contribution in [0, 0.1) is 0 Å². The number of halogens is 2. The van der Waals surface area contributed by atoms with Gasteiger partial charge in [-0.1, -0.05) is 0 Å². The van der Waals surface area contributed by atoms with Crippen LogP contribution in [0.25, 0.3) is 0 Å². The quantitative estimate of drug-likeness (QED) is 0.527. The van der Waals surface area contributed by atoms with Gasteiger partial charge in [0.05, 0.1) is 0 Å². The van der Waals surface area contributed by atoms with E-state index in [1.54, 1.807) is 6.92 Å². The van der Waals surface area contributed by atoms with Crippen molar-refractivity contribution in [1.82, 2.24) is 0 Å². The molecule has 0 bridgehead atoms. The third-order valence-corrected chi connectivity index (χ3v) is 0. The van der Waals surface area contributed by atoms with Crippen molar-refractivity contribution in [3.63, 3.8) is 0 Å². The molecule has 0 radical (unpaired) electrons. The van der Waals surface area contributed by atoms with Crippen LogP contribution in [-0.2, 0) is 0 Å². The second-order valence-corrected chi connectivity index (χ2v) is 0.316. The van der Waals surface area contributed by atoms with Crippen molar-refractivity contribution in [1.29, 1.82) is 0 Å². The molecule has 0 aromatic heterocycles. The zero-order chi connectivity index (χ0) is 4.71. The lowest BCUT2D eigenvalue weighted by atomic mass is 10.9. The van der Waals surface area contributed by atoms with Gasteiger partial charge >= 0.3 is 0 Å². The Morgan fingerprint density at radius 3 is 1.14 bits per heavy atom. The fraction of sp³-hybridized carbons (Fsp3) is 1.00. The molecule has 0 saturated carbocycles. The van der Waals surface area contributed by atoms with E-state index >= 15 is 0 Å². The van der Waals surface area contributed by atoms with Gasteiger partial charge in [-0.25, -0.2) is 0 Å². The summed E-state index contributed by atoms with van der Waals surface area (Å²) in [6, 6.07) is 0. The summed E-state index contributed by atoms with van der Waals surface area (Å²) >= 11 is 0. The summed E-state index contributed by atoms with van der Waals surface area (Å²) in [6.07, 6.45) is 0. The Kier molecular flexibility index (Phi) is 323. The molecular weight excluding hydrogens is 139 g/mol. The summed E-state index contributed by atoms with van der Waals surface area (Å²) in [6.45, 7) is 1.93. The Morgan fingerprint density at radius 1 is 1.14 bits per heavy atom. The van der Waals surface area contributed by atoms with Crippen molar-refractivity contribution in [2.24, 2.45) is 0 Å². The van der Waals surface area contributed by atoms with Gasteiger partial charge in [0.2, 0.25) is 0 Å². The second kappa shape index (κ2) is 87.4. The standard InChI is InChI=1S/C2H6O.CH4O.2ClH/c1-2-3;1-2;;/h3H,2H2,1H3;2H,1H3;2*1H. The van der Waals surface area contributed by atoms with E-state index in [4.69, 9.17) is 10.2 Å². The van der Waals surface area contributed by atoms with E-state index in [2.05, 4.69) is 0 Å². The molecule has 0 aromatic carbocycles. The molecule has 50 valence electrons. The summed E-state index contributed by atoms with van der Waals surface area (Å²) in [7, 11) is 1.00. The van der Waals surface area contributed by atoms with E-state index in [-0.39, 0.29) is 31.4 Å². The summed E-state index contributed by atoms with van der Waals surface area (Å²) < 4.78 is 0. The van der Waals surface area contributed by atoms with Gasteiger partial charge in [0, 0.05) is 13.7 Å². The number of aliphatic hydroxyl groups excluding tert-OH is 2. The van der Waals surface area contributed by atoms with Crippen LogP contribution in [0.3, 0.4) is 0 Å². The van der Waals surface area contributed by atoms with E-state index in [9.17, 15) is 0 Å². The molecule has 0 aliphatic heterocycles. The third-order valence-electron chi connectivity index (χ3n) is 0. The normalized spacial score (nSPS) is 3.43. The SMILES string of the molecule is CCO.CO.Cl.Cl. The van der Waals surface area contributed by atoms with Crippen LogP contribution in [0.5, 0.6) is 0 Å². The Labute approximate surface area is 56.4 Å². The maximum atomic E-state index is 7.57. The molecular formula is C3H12Cl2O2. The number of aliphatic hydroxyl groups is 2. The molecule has 0 heterocycles. The Hall–Kier alpha value is 0.500. The minimum Gasteiger partial charge on any atom is -0.400 e. The summed E-state index contributed by atoms with van der Waals surface area (Å²) in [4.78, 5) is 0. The number of hydrogen-bond donors (Lipinski definition) is 2. The van der Waals surface area contributed by atoms with Gasteiger partial charge in [-0.05, 0) is 6.92 Å². The fourth-order valence-corrected chi connectivity index (χ4v) is 0. The molecule has 7 heavy (non-hydrogen) atoms. The van der Waals surface area contributed by atoms with Crippen LogP contribution < -0.4 is 0 Å². The van der Waals surface area contributed by atoms with Gasteiger partial charge < -0.3 is 10.2 Å². The molecule has 2 N–H and O–H groups in total. The average molecular weight is 151 g/mol. The molecule has 0 atom stereocenters. The first-order valence-corrected chi connectivity index (χ1v) is 1.47. The van der Waals surface area contributed by atoms with Crippen molar-refractivity contribution >= 4 is 24.8 Å². The molecule has 2 nitrogen and oxygen atoms in total. The van der Waals surface area contributed by atoms with E-state index in [0.717, 1.165) is 7.11 Å². The van der Waals surface area contributed by atoms with Gasteiger partial charge in [-0.2, -0.15) is 0 Å². The molecule has 0 rings (SSSR count). The highest BCUT2D eigenvalue weighted by Gasteiger charge is 1.34. The summed E-state index contributed by atoms with van der Waals surface area (Å²) in [5, 5.41) is 14.6. The number of hydrogen-bond acceptors (Lipinski definition) is 2. The topological polar surface area (TPSA) is 40.5 Å². The van der Waals surface area contributed by atoms with Crippen LogP contribution in [0.4, 0.5) is 0 Å². The highest BCUT2D eigenvalue weighted by molar-refractivity contribution is 5.85. The Bertz CT molecular complexity index is 10.9. The lowest BCUT2D eigenvalue weighted by molar-refractivity contribution is 0.318. The van der Waals surface area contributed by atoms with Gasteiger partial charge in [0.1, 0.15) is 0 Å². The summed E-state index contributed by atoms with van der Waals surface area (Å²) in [5.41, 5.74) is 0. The molecule has 0 unspecified atom stereocenters. The van der Waals surface area contributed by atoms with Crippen molar-refractivity contribution < 1.29 is 10.2 Å². The molecule has 0 aliphatic rings. The average Bonchev–Trinajstić information content (AvgIpc) is 1.46. The third kappa shape index (κ3) is 527. The highest BCUT2D eigenvalue weighted by Crippen LogP contribution is 1.30. The van der Waals surface area contributed by atoms with Gasteiger partial charge in [0.15, 0.2) is 0 Å². The highest BCUT2D eigenvalue weighted by atomic mass is 35.5. The molecule has 0 fully saturated rings. The maximum absolute atomic E-state index is 7.57. The predicted octanol–water partition coefficient (Wildman–Crippen LogP) is 0.451. The fourth-order valence-electron chi connectivity index (χ4n) is 0. The van der Waals surface area contributed by atoms with Crippen molar-refractivity contribution in [3.05, 3.63) is 0 Å². The molecule has 0 aromatic rings. The van der Waals surface area contributed by atoms with Crippen LogP contribution in [-0.4, -0.2) is 23.9 Å². The maximum Gasteiger partial charge on any atom is 0.0402 e. The zero-order valence-corrected chi connectivity index (χ0v) is 6.05. The second-order valence-electron chi connectivity index (χ2n) is 0.316. The van der Waals surface area contributed by atoms with Crippen LogP contribution in [0.1, 0.15) is 6.92 Å². The van der Waals surface area contributed by atoms with Gasteiger partial charge in [0.25, 0.3) is 0 Å². The largest absolute Gasteiger partial charge is 0.400 e. The summed E-state index contributed by atoms with van der Waals surface area (Å²) in [5.74, 6) is 0. The van der Waals surface area contributed by atoms with Crippen LogP contribution in [0.15, 0.2) is 0 Å². The van der Waals surface area contributed by atoms with E-state index in [1.807, 2.05) is 0 Å². The van der Waals surface area contributed by atoms with E-state index < -0.39 is 0 Å². The Balaban J connectivity index is -0.0000000105. The van der Waals surface area contributed by atoms with Gasteiger partial charge in [-0.3, -0.25) is 0 Å². The minimum atomic E-state index is 0. The molecule has 0 spiro atoms. The Morgan fingerprint density at radius 2 is 1.14 bits per heavy atom. The van der Waals surface area contributed by atoms with Crippen molar-refractivity contribution in [2.75, 3.05) is 13.7 Å². The number of rotatable bonds is 0. The van der Waals surface area contributed by atoms with Crippen LogP contribution in [0.2, 0.25) is 0 Å². The van der Waals surface area contributed by atoms with E-state index in [0.29, 0.717) is 0 Å². The first-order valence-electron chi connectivity index (χ1n) is 1.47. The first kappa shape index (κ1) is 25.9. The van der Waals surface area contributed by atoms with E-state index in [1.165, 1.54) is 0 Å². The predicted molar refractivity (Wildman–Crippen MR) is 35.4 cm³/mol. The van der Waals surface area contributed by atoms with Crippen LogP contribution >= 0.6 is 24.8 Å². The molecule has 0 aliphatic carbocycles. The lowest BCUT2D eigenvalue weighted by Gasteiger charge is -1.52. The van der Waals surface area contributed by atoms with Crippen molar-refractivity contribution in [3.8, 4) is 0 Å². The van der Waals surface area contributed by atoms with Gasteiger partial charge in [-0.15, -0.1) is 24.8 Å². The zero-order valence-electron chi connectivity index (χ0n) is 4.42. The lowest BCUT2D eigenvalue weighted by Crippen LogP contribution is -1.57. The minimum absolute atomic E-state index is 0. The molecule has 0 saturated heterocycles. The monoisotopic (exact) mass is 150 g/mol. The molecule has 0 amide bonds. The smallest absolute Gasteiger partial charge is 0.0402 e. The molecule has 4 heteroatoms.